The highest BCUT2D eigenvalue weighted by Gasteiger charge is 2.43. The van der Waals surface area contributed by atoms with Gasteiger partial charge in [0.25, 0.3) is 0 Å². The summed E-state index contributed by atoms with van der Waals surface area (Å²) in [6, 6.07) is 2.05. The van der Waals surface area contributed by atoms with Crippen molar-refractivity contribution >= 4 is 5.95 Å². The number of pyridine rings is 1. The van der Waals surface area contributed by atoms with E-state index >= 15 is 0 Å². The lowest BCUT2D eigenvalue weighted by atomic mass is 9.74. The average Bonchev–Trinajstić information content (AvgIpc) is 2.71. The number of hydrogen-bond donors (Lipinski definition) is 1. The highest BCUT2D eigenvalue weighted by molar-refractivity contribution is 5.80. The van der Waals surface area contributed by atoms with E-state index < -0.39 is 0 Å². The van der Waals surface area contributed by atoms with Crippen LogP contribution in [0, 0.1) is 0 Å². The van der Waals surface area contributed by atoms with Crippen LogP contribution in [0.4, 0.5) is 5.95 Å². The maximum atomic E-state index is 5.79. The number of anilines is 1. The molecule has 1 atom stereocenters. The van der Waals surface area contributed by atoms with Crippen LogP contribution >= 0.6 is 0 Å². The van der Waals surface area contributed by atoms with Crippen molar-refractivity contribution < 1.29 is 0 Å². The zero-order valence-corrected chi connectivity index (χ0v) is 10.5. The smallest absolute Gasteiger partial charge is 0.220 e. The zero-order chi connectivity index (χ0) is 12.9. The van der Waals surface area contributed by atoms with Crippen molar-refractivity contribution in [3.8, 4) is 11.1 Å². The quantitative estimate of drug-likeness (QED) is 0.729. The fourth-order valence-corrected chi connectivity index (χ4v) is 3.33. The second-order valence-electron chi connectivity index (χ2n) is 5.18. The Morgan fingerprint density at radius 1 is 1.21 bits per heavy atom. The third-order valence-electron chi connectivity index (χ3n) is 4.17. The monoisotopic (exact) mass is 250 g/mol. The Morgan fingerprint density at radius 2 is 2.16 bits per heavy atom. The predicted molar refractivity (Wildman–Crippen MR) is 73.4 cm³/mol. The molecule has 4 rings (SSSR count). The summed E-state index contributed by atoms with van der Waals surface area (Å²) in [7, 11) is 0. The first-order valence-electron chi connectivity index (χ1n) is 6.57. The molecule has 0 fully saturated rings. The Balaban J connectivity index is 2.09. The summed E-state index contributed by atoms with van der Waals surface area (Å²) in [5, 5.41) is 0. The number of rotatable bonds is 0. The molecule has 0 aromatic carbocycles. The van der Waals surface area contributed by atoms with Gasteiger partial charge in [-0.3, -0.25) is 4.98 Å². The molecule has 1 spiro atoms. The van der Waals surface area contributed by atoms with Crippen LogP contribution in [0.5, 0.6) is 0 Å². The largest absolute Gasteiger partial charge is 0.368 e. The van der Waals surface area contributed by atoms with Crippen LogP contribution in [-0.2, 0) is 5.41 Å². The molecule has 4 heteroatoms. The van der Waals surface area contributed by atoms with E-state index in [1.165, 1.54) is 11.1 Å². The van der Waals surface area contributed by atoms with Crippen molar-refractivity contribution in [3.63, 3.8) is 0 Å². The second-order valence-corrected chi connectivity index (χ2v) is 5.18. The van der Waals surface area contributed by atoms with Crippen molar-refractivity contribution in [2.45, 2.75) is 24.7 Å². The van der Waals surface area contributed by atoms with Gasteiger partial charge in [0.2, 0.25) is 5.95 Å². The summed E-state index contributed by atoms with van der Waals surface area (Å²) in [4.78, 5) is 13.0. The summed E-state index contributed by atoms with van der Waals surface area (Å²) >= 11 is 0. The maximum Gasteiger partial charge on any atom is 0.220 e. The average molecular weight is 250 g/mol. The van der Waals surface area contributed by atoms with Crippen LogP contribution in [-0.4, -0.2) is 15.0 Å². The molecule has 0 aliphatic heterocycles. The van der Waals surface area contributed by atoms with E-state index in [0.717, 1.165) is 30.5 Å². The van der Waals surface area contributed by atoms with E-state index in [1.54, 1.807) is 0 Å². The Labute approximate surface area is 111 Å². The summed E-state index contributed by atoms with van der Waals surface area (Å²) < 4.78 is 0. The number of nitrogen functional groups attached to an aromatic ring is 1. The summed E-state index contributed by atoms with van der Waals surface area (Å²) in [5.41, 5.74) is 10.2. The maximum absolute atomic E-state index is 5.79. The van der Waals surface area contributed by atoms with E-state index in [1.807, 2.05) is 24.7 Å². The van der Waals surface area contributed by atoms with Gasteiger partial charge >= 0.3 is 0 Å². The molecule has 0 radical (unpaired) electrons. The molecule has 2 aromatic heterocycles. The molecule has 94 valence electrons. The van der Waals surface area contributed by atoms with Gasteiger partial charge in [-0.25, -0.2) is 9.97 Å². The van der Waals surface area contributed by atoms with Crippen LogP contribution in [0.1, 0.15) is 30.5 Å². The molecular weight excluding hydrogens is 236 g/mol. The molecule has 2 heterocycles. The highest BCUT2D eigenvalue weighted by atomic mass is 15.0. The van der Waals surface area contributed by atoms with Gasteiger partial charge in [0.1, 0.15) is 0 Å². The fraction of sp³-hybridized carbons (Fsp3) is 0.267. The van der Waals surface area contributed by atoms with Gasteiger partial charge in [-0.2, -0.15) is 0 Å². The first kappa shape index (κ1) is 10.7. The highest BCUT2D eigenvalue weighted by Crippen LogP contribution is 2.52. The minimum Gasteiger partial charge on any atom is -0.368 e. The number of hydrogen-bond acceptors (Lipinski definition) is 4. The molecule has 0 amide bonds. The van der Waals surface area contributed by atoms with E-state index in [0.29, 0.717) is 5.95 Å². The van der Waals surface area contributed by atoms with Crippen LogP contribution in [0.15, 0.2) is 36.8 Å². The van der Waals surface area contributed by atoms with Crippen LogP contribution in [0.3, 0.4) is 0 Å². The molecule has 2 aliphatic carbocycles. The van der Waals surface area contributed by atoms with Gasteiger partial charge in [-0.1, -0.05) is 12.2 Å². The number of fused-ring (bicyclic) bond motifs is 5. The van der Waals surface area contributed by atoms with Gasteiger partial charge in [-0.15, -0.1) is 0 Å². The van der Waals surface area contributed by atoms with Gasteiger partial charge in [0.15, 0.2) is 0 Å². The standard InChI is InChI=1S/C15H14N4/c16-14-18-8-11-10-4-7-17-9-12(10)15(13(11)19-14)5-2-1-3-6-15/h2,4-5,7-9H,1,3,6H2,(H2,16,18,19). The molecule has 4 nitrogen and oxygen atoms in total. The van der Waals surface area contributed by atoms with Gasteiger partial charge < -0.3 is 5.73 Å². The van der Waals surface area contributed by atoms with Crippen LogP contribution in [0.2, 0.25) is 0 Å². The fourth-order valence-electron chi connectivity index (χ4n) is 3.33. The predicted octanol–water partition coefficient (Wildman–Crippen LogP) is 2.46. The Bertz CT molecular complexity index is 692. The lowest BCUT2D eigenvalue weighted by molar-refractivity contribution is 0.527. The van der Waals surface area contributed by atoms with E-state index in [4.69, 9.17) is 5.73 Å². The lowest BCUT2D eigenvalue weighted by Crippen LogP contribution is -2.26. The molecule has 0 saturated heterocycles. The van der Waals surface area contributed by atoms with Crippen molar-refractivity contribution in [3.05, 3.63) is 48.1 Å². The van der Waals surface area contributed by atoms with E-state index in [2.05, 4.69) is 27.1 Å². The van der Waals surface area contributed by atoms with Crippen molar-refractivity contribution in [2.24, 2.45) is 0 Å². The Hall–Kier alpha value is -2.23. The van der Waals surface area contributed by atoms with Crippen molar-refractivity contribution in [2.75, 3.05) is 5.73 Å². The third kappa shape index (κ3) is 1.31. The molecule has 0 saturated carbocycles. The van der Waals surface area contributed by atoms with Crippen LogP contribution in [0.25, 0.3) is 11.1 Å². The second kappa shape index (κ2) is 3.63. The van der Waals surface area contributed by atoms with Gasteiger partial charge in [-0.05, 0) is 36.5 Å². The van der Waals surface area contributed by atoms with Gasteiger partial charge in [0.05, 0.1) is 11.1 Å². The zero-order valence-electron chi connectivity index (χ0n) is 10.5. The van der Waals surface area contributed by atoms with Gasteiger partial charge in [0, 0.05) is 24.2 Å². The first-order chi connectivity index (χ1) is 9.31. The van der Waals surface area contributed by atoms with Crippen molar-refractivity contribution in [1.82, 2.24) is 15.0 Å². The number of aromatic nitrogens is 3. The summed E-state index contributed by atoms with van der Waals surface area (Å²) in [6.45, 7) is 0. The molecule has 2 N–H and O–H groups in total. The lowest BCUT2D eigenvalue weighted by Gasteiger charge is -2.29. The van der Waals surface area contributed by atoms with E-state index in [-0.39, 0.29) is 5.41 Å². The molecule has 2 aliphatic rings. The number of nitrogens with two attached hydrogens (primary N) is 1. The molecule has 2 aromatic rings. The Kier molecular flexibility index (Phi) is 2.04. The summed E-state index contributed by atoms with van der Waals surface area (Å²) in [5.74, 6) is 0.345. The van der Waals surface area contributed by atoms with Crippen molar-refractivity contribution in [1.29, 1.82) is 0 Å². The third-order valence-corrected chi connectivity index (χ3v) is 4.17. The number of nitrogens with zero attached hydrogens (tertiary/aromatic N) is 3. The summed E-state index contributed by atoms with van der Waals surface area (Å²) in [6.07, 6.45) is 13.5. The SMILES string of the molecule is Nc1ncc2c(n1)C1(C=CCCC1)c1cnccc1-2. The van der Waals surface area contributed by atoms with E-state index in [9.17, 15) is 0 Å². The molecule has 1 unspecified atom stereocenters. The number of allylic oxidation sites excluding steroid dienone is 2. The molecule has 19 heavy (non-hydrogen) atoms. The topological polar surface area (TPSA) is 64.7 Å². The minimum atomic E-state index is -0.145. The first-order valence-corrected chi connectivity index (χ1v) is 6.57. The van der Waals surface area contributed by atoms with Crippen LogP contribution < -0.4 is 5.73 Å². The Morgan fingerprint density at radius 3 is 3.00 bits per heavy atom. The molecular formula is C15H14N4. The minimum absolute atomic E-state index is 0.145. The molecule has 0 bridgehead atoms. The normalized spacial score (nSPS) is 23.4.